The average molecular weight is 572 g/mol. The summed E-state index contributed by atoms with van der Waals surface area (Å²) in [5, 5.41) is 24.9. The van der Waals surface area contributed by atoms with Gasteiger partial charge in [-0.15, -0.1) is 21.5 Å². The summed E-state index contributed by atoms with van der Waals surface area (Å²) in [6.45, 7) is 4.83. The molecule has 1 aliphatic heterocycles. The van der Waals surface area contributed by atoms with Crippen LogP contribution in [0.5, 0.6) is 0 Å². The van der Waals surface area contributed by atoms with Gasteiger partial charge in [-0.1, -0.05) is 17.3 Å². The van der Waals surface area contributed by atoms with Gasteiger partial charge in [0.15, 0.2) is 0 Å². The minimum atomic E-state index is -0.906. The molecule has 13 heteroatoms. The first-order chi connectivity index (χ1) is 20.0. The quantitative estimate of drug-likeness (QED) is 0.285. The summed E-state index contributed by atoms with van der Waals surface area (Å²) in [7, 11) is 0. The highest BCUT2D eigenvalue weighted by Crippen LogP contribution is 2.35. The molecule has 4 heterocycles. The Kier molecular flexibility index (Phi) is 7.53. The maximum atomic E-state index is 14.3. The Morgan fingerprint density at radius 3 is 2.76 bits per heavy atom. The van der Waals surface area contributed by atoms with E-state index < -0.39 is 6.04 Å². The predicted octanol–water partition coefficient (Wildman–Crippen LogP) is 3.16. The van der Waals surface area contributed by atoms with Gasteiger partial charge in [0.05, 0.1) is 17.3 Å². The number of tetrazole rings is 1. The van der Waals surface area contributed by atoms with E-state index in [1.165, 1.54) is 17.7 Å². The van der Waals surface area contributed by atoms with Gasteiger partial charge >= 0.3 is 0 Å². The number of carbonyl (C=O) groups excluding carboxylic acids is 2. The van der Waals surface area contributed by atoms with E-state index in [4.69, 9.17) is 4.74 Å². The summed E-state index contributed by atoms with van der Waals surface area (Å²) in [4.78, 5) is 30.6. The highest BCUT2D eigenvalue weighted by molar-refractivity contribution is 7.10. The zero-order valence-electron chi connectivity index (χ0n) is 22.7. The number of nitrogens with zero attached hydrogens (tertiary/aromatic N) is 8. The van der Waals surface area contributed by atoms with E-state index >= 15 is 0 Å². The molecule has 0 aliphatic carbocycles. The van der Waals surface area contributed by atoms with Gasteiger partial charge in [-0.2, -0.15) is 0 Å². The van der Waals surface area contributed by atoms with Crippen molar-refractivity contribution in [3.05, 3.63) is 76.2 Å². The van der Waals surface area contributed by atoms with E-state index in [9.17, 15) is 9.59 Å². The fraction of sp³-hybridized carbons (Fsp3) is 0.321. The summed E-state index contributed by atoms with van der Waals surface area (Å²) in [6, 6.07) is 14.0. The first-order valence-electron chi connectivity index (χ1n) is 13.4. The normalized spacial score (nSPS) is 15.7. The lowest BCUT2D eigenvalue weighted by Gasteiger charge is -2.32. The van der Waals surface area contributed by atoms with Gasteiger partial charge in [0, 0.05) is 23.7 Å². The van der Waals surface area contributed by atoms with Crippen molar-refractivity contribution in [1.82, 2.24) is 40.5 Å². The van der Waals surface area contributed by atoms with Gasteiger partial charge in [0.25, 0.3) is 0 Å². The van der Waals surface area contributed by atoms with Crippen LogP contribution in [0.3, 0.4) is 0 Å². The summed E-state index contributed by atoms with van der Waals surface area (Å²) >= 11 is 1.45. The maximum absolute atomic E-state index is 14.3. The molecule has 12 nitrogen and oxygen atoms in total. The fourth-order valence-corrected chi connectivity index (χ4v) is 6.14. The van der Waals surface area contributed by atoms with Crippen molar-refractivity contribution < 1.29 is 14.3 Å². The van der Waals surface area contributed by atoms with E-state index in [1.54, 1.807) is 14.3 Å². The molecule has 2 atom stereocenters. The number of carbonyl (C=O) groups is 2. The number of thiophene rings is 1. The first kappa shape index (κ1) is 26.7. The van der Waals surface area contributed by atoms with Crippen molar-refractivity contribution >= 4 is 39.9 Å². The average Bonchev–Trinajstić information content (AvgIpc) is 3.80. The molecular formula is C28H29N9O3S. The molecule has 0 spiro atoms. The van der Waals surface area contributed by atoms with Crippen LogP contribution in [-0.4, -0.2) is 66.3 Å². The second-order valence-electron chi connectivity index (χ2n) is 9.98. The van der Waals surface area contributed by atoms with Crippen molar-refractivity contribution in [3.63, 3.8) is 0 Å². The minimum Gasteiger partial charge on any atom is -0.376 e. The predicted molar refractivity (Wildman–Crippen MR) is 153 cm³/mol. The van der Waals surface area contributed by atoms with Crippen LogP contribution >= 0.6 is 11.3 Å². The third kappa shape index (κ3) is 5.45. The van der Waals surface area contributed by atoms with Crippen LogP contribution in [0.4, 0.5) is 5.69 Å². The van der Waals surface area contributed by atoms with Crippen LogP contribution in [0.2, 0.25) is 0 Å². The maximum Gasteiger partial charge on any atom is 0.249 e. The molecule has 1 fully saturated rings. The molecule has 210 valence electrons. The molecule has 0 radical (unpaired) electrons. The number of anilines is 1. The largest absolute Gasteiger partial charge is 0.376 e. The van der Waals surface area contributed by atoms with Crippen LogP contribution in [0.1, 0.15) is 34.9 Å². The lowest BCUT2D eigenvalue weighted by atomic mass is 10.1. The molecule has 1 saturated heterocycles. The smallest absolute Gasteiger partial charge is 0.249 e. The highest BCUT2D eigenvalue weighted by atomic mass is 32.1. The number of hydrogen-bond donors (Lipinski definition) is 1. The summed E-state index contributed by atoms with van der Waals surface area (Å²) < 4.78 is 8.86. The van der Waals surface area contributed by atoms with Gasteiger partial charge in [0.1, 0.15) is 24.4 Å². The van der Waals surface area contributed by atoms with Crippen molar-refractivity contribution in [2.75, 3.05) is 18.1 Å². The molecule has 1 N–H and O–H groups in total. The van der Waals surface area contributed by atoms with Crippen molar-refractivity contribution in [2.45, 2.75) is 45.4 Å². The van der Waals surface area contributed by atoms with Crippen molar-refractivity contribution in [3.8, 4) is 5.69 Å². The van der Waals surface area contributed by atoms with Crippen LogP contribution in [0.15, 0.2) is 60.2 Å². The summed E-state index contributed by atoms with van der Waals surface area (Å²) in [5.74, 6) is -0.578. The molecule has 41 heavy (non-hydrogen) atoms. The zero-order valence-corrected chi connectivity index (χ0v) is 23.5. The number of hydrogen-bond acceptors (Lipinski definition) is 9. The number of nitrogens with one attached hydrogen (secondary N) is 1. The van der Waals surface area contributed by atoms with Crippen LogP contribution < -0.4 is 10.2 Å². The second kappa shape index (κ2) is 11.6. The minimum absolute atomic E-state index is 0.0347. The van der Waals surface area contributed by atoms with E-state index in [0.717, 1.165) is 40.0 Å². The van der Waals surface area contributed by atoms with E-state index in [-0.39, 0.29) is 24.5 Å². The Morgan fingerprint density at radius 2 is 2.02 bits per heavy atom. The topological polar surface area (TPSA) is 133 Å². The van der Waals surface area contributed by atoms with Gasteiger partial charge < -0.3 is 10.1 Å². The Morgan fingerprint density at radius 1 is 1.15 bits per heavy atom. The third-order valence-corrected chi connectivity index (χ3v) is 8.28. The molecule has 0 bridgehead atoms. The number of amides is 2. The molecule has 2 aromatic carbocycles. The molecule has 0 unspecified atom stereocenters. The number of aromatic nitrogens is 7. The lowest BCUT2D eigenvalue weighted by molar-refractivity contribution is -0.127. The van der Waals surface area contributed by atoms with Crippen LogP contribution in [0, 0.1) is 13.8 Å². The molecule has 2 amide bonds. The number of ether oxygens (including phenoxy) is 1. The van der Waals surface area contributed by atoms with Gasteiger partial charge in [-0.25, -0.2) is 9.36 Å². The Labute approximate surface area is 239 Å². The molecule has 0 saturated carbocycles. The van der Waals surface area contributed by atoms with Crippen LogP contribution in [-0.2, 0) is 20.9 Å². The number of benzene rings is 2. The molecular weight excluding hydrogens is 542 g/mol. The number of rotatable bonds is 9. The molecule has 5 aromatic rings. The second-order valence-corrected chi connectivity index (χ2v) is 10.9. The number of para-hydroxylation sites is 1. The standard InChI is InChI=1S/C28H29N9O3S/c1-18-11-13-41-27(18)26(28(39)29-15-21-6-5-12-40-21)37(20-9-10-23(19(2)14-20)36-17-30-32-34-36)25(38)16-35-24-8-4-3-7-22(24)31-33-35/h3-4,7-11,13-14,17,21,26H,5-6,12,15-16H2,1-2H3,(H,29,39)/t21-,26+/m1/s1. The van der Waals surface area contributed by atoms with Crippen molar-refractivity contribution in [1.29, 1.82) is 0 Å². The summed E-state index contributed by atoms with van der Waals surface area (Å²) in [6.07, 6.45) is 3.34. The molecule has 1 aliphatic rings. The number of aryl methyl sites for hydroxylation is 2. The Hall–Kier alpha value is -4.49. The van der Waals surface area contributed by atoms with Gasteiger partial charge in [-0.3, -0.25) is 14.5 Å². The van der Waals surface area contributed by atoms with Gasteiger partial charge in [0.2, 0.25) is 11.8 Å². The molecule has 3 aromatic heterocycles. The summed E-state index contributed by atoms with van der Waals surface area (Å²) in [5.41, 5.74) is 4.52. The van der Waals surface area contributed by atoms with Gasteiger partial charge in [-0.05, 0) is 90.0 Å². The fourth-order valence-electron chi connectivity index (χ4n) is 5.13. The lowest BCUT2D eigenvalue weighted by Crippen LogP contribution is -2.46. The SMILES string of the molecule is Cc1cc(N(C(=O)Cn2nnc3ccccc32)[C@H](C(=O)NC[C@H]2CCCO2)c2sccc2C)ccc1-n1cnnn1. The molecule has 6 rings (SSSR count). The first-order valence-corrected chi connectivity index (χ1v) is 14.2. The van der Waals surface area contributed by atoms with Crippen LogP contribution in [0.25, 0.3) is 16.7 Å². The van der Waals surface area contributed by atoms with E-state index in [0.29, 0.717) is 24.4 Å². The zero-order chi connectivity index (χ0) is 28.3. The van der Waals surface area contributed by atoms with Crippen molar-refractivity contribution in [2.24, 2.45) is 0 Å². The third-order valence-electron chi connectivity index (χ3n) is 7.21. The highest BCUT2D eigenvalue weighted by Gasteiger charge is 2.35. The monoisotopic (exact) mass is 571 g/mol. The van der Waals surface area contributed by atoms with E-state index in [2.05, 4.69) is 31.2 Å². The Balaban J connectivity index is 1.41. The Bertz CT molecular complexity index is 1670. The van der Waals surface area contributed by atoms with E-state index in [1.807, 2.05) is 67.8 Å². The number of fused-ring (bicyclic) bond motifs is 1.